The summed E-state index contributed by atoms with van der Waals surface area (Å²) in [6.07, 6.45) is 4.82. The van der Waals surface area contributed by atoms with Crippen molar-refractivity contribution in [2.24, 2.45) is 20.0 Å². The van der Waals surface area contributed by atoms with Crippen LogP contribution in [0.3, 0.4) is 0 Å². The van der Waals surface area contributed by atoms with Gasteiger partial charge in [0.1, 0.15) is 39.7 Å². The molecule has 0 spiro atoms. The topological polar surface area (TPSA) is 169 Å². The molecule has 0 saturated carbocycles. The number of fused-ring (bicyclic) bond motifs is 6. The molecule has 0 unspecified atom stereocenters. The number of hydrogen-bond acceptors (Lipinski definition) is 13. The normalized spacial score (nSPS) is 16.4. The van der Waals surface area contributed by atoms with Gasteiger partial charge in [-0.2, -0.15) is 0 Å². The summed E-state index contributed by atoms with van der Waals surface area (Å²) >= 11 is 12.7. The largest absolute Gasteiger partial charge is 0.456 e. The summed E-state index contributed by atoms with van der Waals surface area (Å²) in [7, 11) is -1.60. The summed E-state index contributed by atoms with van der Waals surface area (Å²) in [6.45, 7) is 13.6. The lowest BCUT2D eigenvalue weighted by Gasteiger charge is -2.22. The van der Waals surface area contributed by atoms with Crippen LogP contribution in [-0.4, -0.2) is 86.7 Å². The standard InChI is InChI=1S/C22H24ClN3O3S.C18H17ClN4O.C3H7ClO2S/c1-4-10-30(27,28)12-15-6-5-7-19(20(15)23)29-16-8-9-18-17(11-16)21-25-22(2,3)13-26(21)14-24-18;1-18(2)9-23-10-21-14-7-6-11(8-12(14)17(23)22-18)24-15-5-3-4-13(20)16(15)19;1-2-3-7(4,5)6/h5-9,11,14H,4,10,12-13H2,1-3H3;3-8,10H,9,20H2,1-2H3;2-3H2,1H3. The average Bonchev–Trinajstić information content (AvgIpc) is 3.68. The number of amidine groups is 2. The third kappa shape index (κ3) is 11.6. The summed E-state index contributed by atoms with van der Waals surface area (Å²) in [5.41, 5.74) is 10.1. The van der Waals surface area contributed by atoms with Crippen LogP contribution in [0.1, 0.15) is 71.1 Å². The van der Waals surface area contributed by atoms with E-state index in [0.29, 0.717) is 57.1 Å². The highest BCUT2D eigenvalue weighted by molar-refractivity contribution is 8.13. The molecule has 0 saturated heterocycles. The minimum absolute atomic E-state index is 0.0779. The molecule has 13 nitrogen and oxygen atoms in total. The zero-order valence-electron chi connectivity index (χ0n) is 34.7. The molecule has 0 aromatic heterocycles. The van der Waals surface area contributed by atoms with E-state index in [1.807, 2.05) is 67.0 Å². The number of nitrogens with two attached hydrogens (primary N) is 1. The Labute approximate surface area is 372 Å². The lowest BCUT2D eigenvalue weighted by molar-refractivity contribution is 0.477. The summed E-state index contributed by atoms with van der Waals surface area (Å²) in [4.78, 5) is 22.8. The highest BCUT2D eigenvalue weighted by Crippen LogP contribution is 2.39. The van der Waals surface area contributed by atoms with Gasteiger partial charge in [-0.3, -0.25) is 9.98 Å². The van der Waals surface area contributed by atoms with Gasteiger partial charge in [-0.25, -0.2) is 26.8 Å². The van der Waals surface area contributed by atoms with Gasteiger partial charge in [0.2, 0.25) is 9.05 Å². The molecule has 61 heavy (non-hydrogen) atoms. The lowest BCUT2D eigenvalue weighted by Crippen LogP contribution is -2.33. The Bertz CT molecular complexity index is 2670. The van der Waals surface area contributed by atoms with Crippen LogP contribution < -0.4 is 15.2 Å². The number of halogens is 3. The minimum Gasteiger partial charge on any atom is -0.456 e. The van der Waals surface area contributed by atoms with Gasteiger partial charge in [0.15, 0.2) is 9.84 Å². The van der Waals surface area contributed by atoms with Gasteiger partial charge < -0.3 is 25.0 Å². The van der Waals surface area contributed by atoms with E-state index in [9.17, 15) is 16.8 Å². The highest BCUT2D eigenvalue weighted by Gasteiger charge is 2.35. The van der Waals surface area contributed by atoms with Crippen LogP contribution in [0, 0.1) is 0 Å². The van der Waals surface area contributed by atoms with Crippen molar-refractivity contribution in [1.82, 2.24) is 9.80 Å². The summed E-state index contributed by atoms with van der Waals surface area (Å²) < 4.78 is 56.4. The van der Waals surface area contributed by atoms with E-state index in [2.05, 4.69) is 42.6 Å². The molecule has 4 aliphatic heterocycles. The number of hydrogen-bond donors (Lipinski definition) is 1. The first-order chi connectivity index (χ1) is 28.7. The van der Waals surface area contributed by atoms with Gasteiger partial charge in [0, 0.05) is 21.8 Å². The molecule has 0 aliphatic carbocycles. The summed E-state index contributed by atoms with van der Waals surface area (Å²) in [5, 5.41) is 0.725. The number of rotatable bonds is 10. The molecule has 324 valence electrons. The fourth-order valence-corrected chi connectivity index (χ4v) is 9.76. The number of aliphatic imine (C=N–C) groups is 4. The molecule has 0 atom stereocenters. The first-order valence-corrected chi connectivity index (χ1v) is 24.6. The van der Waals surface area contributed by atoms with Crippen LogP contribution in [0.5, 0.6) is 23.0 Å². The smallest absolute Gasteiger partial charge is 0.232 e. The molecule has 0 bridgehead atoms. The Hall–Kier alpha value is -4.67. The van der Waals surface area contributed by atoms with Gasteiger partial charge in [0.05, 0.1) is 76.2 Å². The highest BCUT2D eigenvalue weighted by atomic mass is 35.7. The zero-order chi connectivity index (χ0) is 44.3. The zero-order valence-corrected chi connectivity index (χ0v) is 38.6. The molecule has 8 rings (SSSR count). The van der Waals surface area contributed by atoms with Crippen molar-refractivity contribution in [1.29, 1.82) is 0 Å². The van der Waals surface area contributed by atoms with Crippen LogP contribution in [0.15, 0.2) is 92.8 Å². The molecule has 2 N–H and O–H groups in total. The second-order valence-corrected chi connectivity index (χ2v) is 21.9. The van der Waals surface area contributed by atoms with Crippen LogP contribution in [0.2, 0.25) is 10.0 Å². The number of ether oxygens (including phenoxy) is 2. The summed E-state index contributed by atoms with van der Waals surface area (Å²) in [5.74, 6) is 4.13. The molecule has 4 aromatic carbocycles. The van der Waals surface area contributed by atoms with Crippen molar-refractivity contribution in [3.63, 3.8) is 0 Å². The molecule has 4 heterocycles. The number of sulfone groups is 1. The second kappa shape index (κ2) is 18.4. The predicted octanol–water partition coefficient (Wildman–Crippen LogP) is 10.2. The minimum atomic E-state index is -3.21. The van der Waals surface area contributed by atoms with Gasteiger partial charge in [-0.1, -0.05) is 55.2 Å². The Morgan fingerprint density at radius 2 is 1.16 bits per heavy atom. The third-order valence-corrected chi connectivity index (χ3v) is 13.4. The predicted molar refractivity (Wildman–Crippen MR) is 249 cm³/mol. The van der Waals surface area contributed by atoms with Gasteiger partial charge in [0.25, 0.3) is 0 Å². The van der Waals surface area contributed by atoms with Gasteiger partial charge in [-0.15, -0.1) is 0 Å². The van der Waals surface area contributed by atoms with Crippen molar-refractivity contribution >= 4 is 94.2 Å². The Balaban J connectivity index is 0.000000180. The van der Waals surface area contributed by atoms with Crippen molar-refractivity contribution in [2.45, 2.75) is 71.2 Å². The van der Waals surface area contributed by atoms with Crippen molar-refractivity contribution < 1.29 is 26.3 Å². The van der Waals surface area contributed by atoms with E-state index in [0.717, 1.165) is 47.3 Å². The number of benzene rings is 4. The maximum atomic E-state index is 12.2. The summed E-state index contributed by atoms with van der Waals surface area (Å²) in [6, 6.07) is 21.9. The average molecular weight is 929 g/mol. The molecule has 0 fully saturated rings. The van der Waals surface area contributed by atoms with E-state index in [-0.39, 0.29) is 28.3 Å². The van der Waals surface area contributed by atoms with Crippen molar-refractivity contribution in [2.75, 3.05) is 30.3 Å². The third-order valence-electron chi connectivity index (χ3n) is 9.40. The fourth-order valence-electron chi connectivity index (χ4n) is 6.85. The van der Waals surface area contributed by atoms with E-state index >= 15 is 0 Å². The monoisotopic (exact) mass is 927 g/mol. The lowest BCUT2D eigenvalue weighted by atomic mass is 10.1. The maximum absolute atomic E-state index is 12.2. The molecule has 4 aliphatic rings. The fraction of sp³-hybridized carbons (Fsp3) is 0.349. The molecule has 0 amide bonds. The van der Waals surface area contributed by atoms with Crippen LogP contribution in [0.4, 0.5) is 17.1 Å². The van der Waals surface area contributed by atoms with Crippen LogP contribution >= 0.6 is 33.9 Å². The van der Waals surface area contributed by atoms with Crippen LogP contribution in [0.25, 0.3) is 0 Å². The van der Waals surface area contributed by atoms with E-state index in [1.54, 1.807) is 37.3 Å². The van der Waals surface area contributed by atoms with E-state index in [4.69, 9.17) is 59.1 Å². The first-order valence-electron chi connectivity index (χ1n) is 19.6. The van der Waals surface area contributed by atoms with Crippen LogP contribution in [-0.2, 0) is 24.6 Å². The second-order valence-electron chi connectivity index (χ2n) is 16.0. The molecule has 18 heteroatoms. The van der Waals surface area contributed by atoms with E-state index < -0.39 is 18.9 Å². The molecular weight excluding hydrogens is 881 g/mol. The van der Waals surface area contributed by atoms with Gasteiger partial charge >= 0.3 is 0 Å². The Kier molecular flexibility index (Phi) is 13.8. The molecular formula is C43H48Cl3N7O6S2. The first kappa shape index (κ1) is 45.8. The number of nitrogen functional groups attached to an aromatic ring is 1. The molecule has 0 radical (unpaired) electrons. The Morgan fingerprint density at radius 3 is 1.62 bits per heavy atom. The quantitative estimate of drug-likeness (QED) is 0.120. The Morgan fingerprint density at radius 1 is 0.689 bits per heavy atom. The number of nitrogens with zero attached hydrogens (tertiary/aromatic N) is 6. The van der Waals surface area contributed by atoms with Crippen molar-refractivity contribution in [3.8, 4) is 23.0 Å². The SMILES string of the molecule is CC1(C)CN2C=Nc3ccc(Oc4cccc(N)c4Cl)cc3C2=N1.CCCS(=O)(=O)Cc1cccc(Oc2ccc3c(c2)C2=NC(C)(C)CN2C=N3)c1Cl.CCCS(=O)(=O)Cl. The number of anilines is 1. The van der Waals surface area contributed by atoms with Crippen molar-refractivity contribution in [3.05, 3.63) is 99.5 Å². The van der Waals surface area contributed by atoms with E-state index in [1.165, 1.54) is 0 Å². The maximum Gasteiger partial charge on any atom is 0.232 e. The molecule has 4 aromatic rings. The van der Waals surface area contributed by atoms with Gasteiger partial charge in [-0.05, 0) is 101 Å².